The average molecular weight is 437 g/mol. The molecule has 2 aromatic carbocycles. The zero-order valence-electron chi connectivity index (χ0n) is 18.0. The van der Waals surface area contributed by atoms with Gasteiger partial charge in [-0.25, -0.2) is 0 Å². The first-order valence-electron chi connectivity index (χ1n) is 10.3. The summed E-state index contributed by atoms with van der Waals surface area (Å²) in [5.74, 6) is -0.407. The SMILES string of the molecule is CCc1cc(C)c(-c2cccc(C3=Nc4cc(C)c(C(F)(F)F)cc4NC(=O)C3)c2)cn1. The van der Waals surface area contributed by atoms with E-state index in [9.17, 15) is 18.0 Å². The van der Waals surface area contributed by atoms with Gasteiger partial charge in [0.15, 0.2) is 0 Å². The summed E-state index contributed by atoms with van der Waals surface area (Å²) < 4.78 is 39.9. The number of pyridine rings is 1. The maximum atomic E-state index is 13.3. The summed E-state index contributed by atoms with van der Waals surface area (Å²) in [6.07, 6.45) is -1.85. The van der Waals surface area contributed by atoms with E-state index in [1.54, 1.807) is 0 Å². The maximum absolute atomic E-state index is 13.3. The maximum Gasteiger partial charge on any atom is 0.416 e. The number of hydrogen-bond donors (Lipinski definition) is 1. The van der Waals surface area contributed by atoms with Crippen molar-refractivity contribution >= 4 is 23.0 Å². The van der Waals surface area contributed by atoms with Gasteiger partial charge >= 0.3 is 6.18 Å². The number of halogens is 3. The second kappa shape index (κ2) is 8.22. The van der Waals surface area contributed by atoms with Crippen LogP contribution in [-0.4, -0.2) is 16.6 Å². The van der Waals surface area contributed by atoms with E-state index < -0.39 is 17.6 Å². The van der Waals surface area contributed by atoms with Gasteiger partial charge in [-0.3, -0.25) is 14.8 Å². The Morgan fingerprint density at radius 1 is 1.03 bits per heavy atom. The number of rotatable bonds is 3. The fourth-order valence-corrected chi connectivity index (χ4v) is 3.86. The van der Waals surface area contributed by atoms with E-state index in [1.807, 2.05) is 37.4 Å². The predicted octanol–water partition coefficient (Wildman–Crippen LogP) is 6.41. The van der Waals surface area contributed by atoms with Crippen molar-refractivity contribution in [3.05, 3.63) is 76.6 Å². The Hall–Kier alpha value is -3.48. The highest BCUT2D eigenvalue weighted by atomic mass is 19.4. The number of aryl methyl sites for hydroxylation is 3. The summed E-state index contributed by atoms with van der Waals surface area (Å²) in [6, 6.07) is 12.0. The smallest absolute Gasteiger partial charge is 0.324 e. The van der Waals surface area contributed by atoms with Gasteiger partial charge in [0.1, 0.15) is 0 Å². The Labute approximate surface area is 184 Å². The molecule has 0 atom stereocenters. The van der Waals surface area contributed by atoms with Crippen molar-refractivity contribution in [2.45, 2.75) is 39.8 Å². The molecule has 0 aliphatic carbocycles. The highest BCUT2D eigenvalue weighted by molar-refractivity contribution is 6.17. The summed E-state index contributed by atoms with van der Waals surface area (Å²) in [4.78, 5) is 21.5. The van der Waals surface area contributed by atoms with Gasteiger partial charge in [0, 0.05) is 17.5 Å². The molecule has 0 bridgehead atoms. The van der Waals surface area contributed by atoms with E-state index in [0.717, 1.165) is 40.4 Å². The van der Waals surface area contributed by atoms with E-state index in [1.165, 1.54) is 13.0 Å². The van der Waals surface area contributed by atoms with Crippen LogP contribution >= 0.6 is 0 Å². The van der Waals surface area contributed by atoms with Crippen LogP contribution < -0.4 is 5.32 Å². The van der Waals surface area contributed by atoms with Gasteiger partial charge in [0.2, 0.25) is 5.91 Å². The van der Waals surface area contributed by atoms with E-state index in [4.69, 9.17) is 0 Å². The molecule has 7 heteroatoms. The molecular formula is C25H22F3N3O. The van der Waals surface area contributed by atoms with Crippen molar-refractivity contribution in [2.75, 3.05) is 5.32 Å². The number of carbonyl (C=O) groups excluding carboxylic acids is 1. The molecule has 1 amide bonds. The predicted molar refractivity (Wildman–Crippen MR) is 119 cm³/mol. The lowest BCUT2D eigenvalue weighted by Crippen LogP contribution is -2.15. The first-order chi connectivity index (χ1) is 15.2. The molecule has 0 spiro atoms. The Kier molecular flexibility index (Phi) is 5.59. The minimum atomic E-state index is -4.50. The van der Waals surface area contributed by atoms with Gasteiger partial charge in [-0.1, -0.05) is 25.1 Å². The zero-order valence-corrected chi connectivity index (χ0v) is 18.0. The van der Waals surface area contributed by atoms with E-state index >= 15 is 0 Å². The molecule has 4 nitrogen and oxygen atoms in total. The number of amides is 1. The number of alkyl halides is 3. The summed E-state index contributed by atoms with van der Waals surface area (Å²) in [7, 11) is 0. The molecular weight excluding hydrogens is 415 g/mol. The molecule has 164 valence electrons. The first kappa shape index (κ1) is 21.7. The number of aliphatic imine (C=N–C) groups is 1. The lowest BCUT2D eigenvalue weighted by Gasteiger charge is -2.13. The molecule has 1 aliphatic rings. The fraction of sp³-hybridized carbons (Fsp3) is 0.240. The van der Waals surface area contributed by atoms with Crippen LogP contribution in [0.15, 0.2) is 53.7 Å². The molecule has 1 aromatic heterocycles. The number of nitrogens with zero attached hydrogens (tertiary/aromatic N) is 2. The van der Waals surface area contributed by atoms with Gasteiger partial charge in [-0.05, 0) is 66.8 Å². The minimum Gasteiger partial charge on any atom is -0.324 e. The number of nitrogens with one attached hydrogen (secondary N) is 1. The Balaban J connectivity index is 1.78. The Bertz CT molecular complexity index is 1250. The van der Waals surface area contributed by atoms with Crippen molar-refractivity contribution in [3.63, 3.8) is 0 Å². The standard InChI is InChI=1S/C25H22F3N3O/c1-4-18-8-14(2)19(13-29-18)16-6-5-7-17(10-16)21-12-24(32)31-23-11-20(25(26,27)28)15(3)9-22(23)30-21/h5-11,13H,4,12H2,1-3H3,(H,31,32). The average Bonchev–Trinajstić information content (AvgIpc) is 2.90. The molecule has 0 saturated carbocycles. The second-order valence-corrected chi connectivity index (χ2v) is 7.89. The van der Waals surface area contributed by atoms with Crippen LogP contribution in [0.25, 0.3) is 11.1 Å². The van der Waals surface area contributed by atoms with Crippen LogP contribution in [0.2, 0.25) is 0 Å². The molecule has 4 rings (SSSR count). The number of hydrogen-bond acceptors (Lipinski definition) is 3. The van der Waals surface area contributed by atoms with E-state index in [-0.39, 0.29) is 17.7 Å². The van der Waals surface area contributed by atoms with E-state index in [2.05, 4.69) is 28.3 Å². The molecule has 32 heavy (non-hydrogen) atoms. The van der Waals surface area contributed by atoms with Crippen molar-refractivity contribution in [1.29, 1.82) is 0 Å². The molecule has 3 aromatic rings. The number of carbonyl (C=O) groups is 1. The summed E-state index contributed by atoms with van der Waals surface area (Å²) >= 11 is 0. The van der Waals surface area contributed by atoms with Gasteiger partial charge in [-0.15, -0.1) is 0 Å². The van der Waals surface area contributed by atoms with Crippen molar-refractivity contribution in [2.24, 2.45) is 4.99 Å². The van der Waals surface area contributed by atoms with Crippen molar-refractivity contribution in [3.8, 4) is 11.1 Å². The van der Waals surface area contributed by atoms with E-state index in [0.29, 0.717) is 11.4 Å². The van der Waals surface area contributed by atoms with Crippen LogP contribution in [0.4, 0.5) is 24.5 Å². The zero-order chi connectivity index (χ0) is 23.0. The highest BCUT2D eigenvalue weighted by Crippen LogP contribution is 2.39. The topological polar surface area (TPSA) is 54.4 Å². The highest BCUT2D eigenvalue weighted by Gasteiger charge is 2.34. The van der Waals surface area contributed by atoms with Crippen molar-refractivity contribution in [1.82, 2.24) is 4.98 Å². The summed E-state index contributed by atoms with van der Waals surface area (Å²) in [5.41, 5.74) is 4.91. The number of fused-ring (bicyclic) bond motifs is 1. The Morgan fingerprint density at radius 3 is 2.47 bits per heavy atom. The number of benzene rings is 2. The van der Waals surface area contributed by atoms with Crippen LogP contribution in [0.3, 0.4) is 0 Å². The summed E-state index contributed by atoms with van der Waals surface area (Å²) in [5, 5.41) is 2.57. The van der Waals surface area contributed by atoms with Gasteiger partial charge in [0.05, 0.1) is 29.1 Å². The normalized spacial score (nSPS) is 13.8. The molecule has 0 saturated heterocycles. The molecule has 1 aliphatic heterocycles. The monoisotopic (exact) mass is 437 g/mol. The van der Waals surface area contributed by atoms with Gasteiger partial charge in [-0.2, -0.15) is 13.2 Å². The molecule has 0 unspecified atom stereocenters. The van der Waals surface area contributed by atoms with Crippen molar-refractivity contribution < 1.29 is 18.0 Å². The fourth-order valence-electron chi connectivity index (χ4n) is 3.86. The first-order valence-corrected chi connectivity index (χ1v) is 10.3. The largest absolute Gasteiger partial charge is 0.416 e. The summed E-state index contributed by atoms with van der Waals surface area (Å²) in [6.45, 7) is 5.46. The lowest BCUT2D eigenvalue weighted by atomic mass is 9.97. The molecule has 2 heterocycles. The number of anilines is 1. The van der Waals surface area contributed by atoms with Crippen LogP contribution in [0, 0.1) is 13.8 Å². The Morgan fingerprint density at radius 2 is 1.78 bits per heavy atom. The third-order valence-electron chi connectivity index (χ3n) is 5.54. The molecule has 0 fully saturated rings. The third kappa shape index (κ3) is 4.28. The molecule has 0 radical (unpaired) electrons. The quantitative estimate of drug-likeness (QED) is 0.515. The van der Waals surface area contributed by atoms with Crippen LogP contribution in [-0.2, 0) is 17.4 Å². The molecule has 1 N–H and O–H groups in total. The lowest BCUT2D eigenvalue weighted by molar-refractivity contribution is -0.138. The van der Waals surface area contributed by atoms with Crippen LogP contribution in [0.1, 0.15) is 41.3 Å². The third-order valence-corrected chi connectivity index (χ3v) is 5.54. The van der Waals surface area contributed by atoms with Crippen LogP contribution in [0.5, 0.6) is 0 Å². The minimum absolute atomic E-state index is 0.0372. The van der Waals surface area contributed by atoms with Gasteiger partial charge < -0.3 is 5.32 Å². The number of aromatic nitrogens is 1. The second-order valence-electron chi connectivity index (χ2n) is 7.89. The van der Waals surface area contributed by atoms with Gasteiger partial charge in [0.25, 0.3) is 0 Å².